The van der Waals surface area contributed by atoms with E-state index >= 15 is 0 Å². The number of hydrogen-bond donors (Lipinski definition) is 0. The van der Waals surface area contributed by atoms with E-state index < -0.39 is 16.2 Å². The third kappa shape index (κ3) is 2.44. The summed E-state index contributed by atoms with van der Waals surface area (Å²) in [6, 6.07) is 20.7. The van der Waals surface area contributed by atoms with Gasteiger partial charge in [0.1, 0.15) is 5.65 Å². The minimum Gasteiger partial charge on any atom is -0.343 e. The molecule has 4 aromatic rings. The van der Waals surface area contributed by atoms with Crippen molar-refractivity contribution in [3.63, 3.8) is 0 Å². The van der Waals surface area contributed by atoms with Gasteiger partial charge in [-0.3, -0.25) is 19.3 Å². The summed E-state index contributed by atoms with van der Waals surface area (Å²) in [7, 11) is 1.75. The van der Waals surface area contributed by atoms with E-state index in [1.54, 1.807) is 30.1 Å². The first-order valence-corrected chi connectivity index (χ1v) is 9.15. The standard InChI is InChI=1S/C22H16N4O3/c1-24(19-16-10-4-2-8-14(16)15-9-3-5-11-17(15)19)21-20(26(28)29)22(27)25-13-7-6-12-18(25)23-21/h2-13,19H,1H3. The van der Waals surface area contributed by atoms with Crippen molar-refractivity contribution in [1.29, 1.82) is 0 Å². The minimum absolute atomic E-state index is 0.0581. The molecular formula is C22H16N4O3. The average Bonchev–Trinajstić information content (AvgIpc) is 3.07. The van der Waals surface area contributed by atoms with Gasteiger partial charge in [0.05, 0.1) is 11.0 Å². The van der Waals surface area contributed by atoms with E-state index in [4.69, 9.17) is 0 Å². The summed E-state index contributed by atoms with van der Waals surface area (Å²) >= 11 is 0. The Kier molecular flexibility index (Phi) is 3.70. The van der Waals surface area contributed by atoms with E-state index in [0.717, 1.165) is 22.3 Å². The molecule has 0 N–H and O–H groups in total. The van der Waals surface area contributed by atoms with Crippen molar-refractivity contribution in [2.24, 2.45) is 0 Å². The van der Waals surface area contributed by atoms with Crippen LogP contribution >= 0.6 is 0 Å². The Bertz CT molecular complexity index is 1300. The van der Waals surface area contributed by atoms with Crippen LogP contribution in [0.4, 0.5) is 11.5 Å². The molecular weight excluding hydrogens is 368 g/mol. The maximum absolute atomic E-state index is 12.9. The predicted octanol–water partition coefficient (Wildman–Crippen LogP) is 3.81. The molecule has 0 atom stereocenters. The topological polar surface area (TPSA) is 80.8 Å². The molecule has 0 saturated carbocycles. The molecule has 1 aliphatic rings. The van der Waals surface area contributed by atoms with Gasteiger partial charge in [0.15, 0.2) is 0 Å². The summed E-state index contributed by atoms with van der Waals surface area (Å²) in [5.74, 6) is 0.0581. The normalized spacial score (nSPS) is 12.6. The summed E-state index contributed by atoms with van der Waals surface area (Å²) in [6.07, 6.45) is 1.49. The number of nitro groups is 1. The van der Waals surface area contributed by atoms with Crippen LogP contribution in [0.5, 0.6) is 0 Å². The van der Waals surface area contributed by atoms with Crippen LogP contribution < -0.4 is 10.5 Å². The molecule has 7 heteroatoms. The number of aromatic nitrogens is 2. The van der Waals surface area contributed by atoms with Crippen molar-refractivity contribution < 1.29 is 4.92 Å². The fourth-order valence-corrected chi connectivity index (χ4v) is 4.14. The zero-order valence-corrected chi connectivity index (χ0v) is 15.5. The number of fused-ring (bicyclic) bond motifs is 4. The van der Waals surface area contributed by atoms with Crippen molar-refractivity contribution in [2.45, 2.75) is 6.04 Å². The average molecular weight is 384 g/mol. The maximum atomic E-state index is 12.9. The molecule has 0 unspecified atom stereocenters. The highest BCUT2D eigenvalue weighted by atomic mass is 16.6. The van der Waals surface area contributed by atoms with Crippen LogP contribution in [0.3, 0.4) is 0 Å². The van der Waals surface area contributed by atoms with E-state index in [9.17, 15) is 14.9 Å². The second-order valence-electron chi connectivity index (χ2n) is 6.96. The highest BCUT2D eigenvalue weighted by Gasteiger charge is 2.36. The molecule has 7 nitrogen and oxygen atoms in total. The third-order valence-electron chi connectivity index (χ3n) is 5.40. The number of hydrogen-bond acceptors (Lipinski definition) is 5. The molecule has 2 aromatic heterocycles. The number of pyridine rings is 1. The van der Waals surface area contributed by atoms with Crippen LogP contribution in [0.15, 0.2) is 77.7 Å². The molecule has 5 rings (SSSR count). The fourth-order valence-electron chi connectivity index (χ4n) is 4.14. The Morgan fingerprint density at radius 3 is 2.17 bits per heavy atom. The molecule has 0 amide bonds. The molecule has 0 spiro atoms. The molecule has 142 valence electrons. The van der Waals surface area contributed by atoms with Crippen LogP contribution in [0.25, 0.3) is 16.8 Å². The van der Waals surface area contributed by atoms with Crippen LogP contribution in [0.1, 0.15) is 17.2 Å². The zero-order valence-electron chi connectivity index (χ0n) is 15.5. The lowest BCUT2D eigenvalue weighted by Crippen LogP contribution is -2.29. The number of benzene rings is 2. The highest BCUT2D eigenvalue weighted by molar-refractivity contribution is 5.81. The van der Waals surface area contributed by atoms with Crippen LogP contribution in [-0.4, -0.2) is 21.4 Å². The largest absolute Gasteiger partial charge is 0.376 e. The van der Waals surface area contributed by atoms with E-state index in [1.165, 1.54) is 10.6 Å². The summed E-state index contributed by atoms with van der Waals surface area (Å²) in [4.78, 5) is 30.3. The quantitative estimate of drug-likeness (QED) is 0.396. The first-order valence-electron chi connectivity index (χ1n) is 9.15. The van der Waals surface area contributed by atoms with Gasteiger partial charge < -0.3 is 4.90 Å². The van der Waals surface area contributed by atoms with Gasteiger partial charge >= 0.3 is 11.2 Å². The minimum atomic E-state index is -0.693. The Labute approximate surface area is 165 Å². The lowest BCUT2D eigenvalue weighted by atomic mass is 10.0. The van der Waals surface area contributed by atoms with Gasteiger partial charge in [0.2, 0.25) is 5.82 Å². The molecule has 0 fully saturated rings. The molecule has 1 aliphatic carbocycles. The van der Waals surface area contributed by atoms with Gasteiger partial charge in [-0.15, -0.1) is 0 Å². The summed E-state index contributed by atoms with van der Waals surface area (Å²) in [5, 5.41) is 11.8. The van der Waals surface area contributed by atoms with Gasteiger partial charge in [-0.05, 0) is 34.4 Å². The Balaban J connectivity index is 1.78. The first-order chi connectivity index (χ1) is 14.1. The summed E-state index contributed by atoms with van der Waals surface area (Å²) in [6.45, 7) is 0. The molecule has 0 aliphatic heterocycles. The van der Waals surface area contributed by atoms with E-state index in [-0.39, 0.29) is 11.9 Å². The van der Waals surface area contributed by atoms with Crippen molar-refractivity contribution in [3.05, 3.63) is 105 Å². The molecule has 0 bridgehead atoms. The molecule has 2 aromatic carbocycles. The van der Waals surface area contributed by atoms with Crippen molar-refractivity contribution in [1.82, 2.24) is 9.38 Å². The van der Waals surface area contributed by atoms with E-state index in [1.807, 2.05) is 48.5 Å². The molecule has 0 saturated heterocycles. The second-order valence-corrected chi connectivity index (χ2v) is 6.96. The van der Waals surface area contributed by atoms with Crippen molar-refractivity contribution in [3.8, 4) is 11.1 Å². The first kappa shape index (κ1) is 17.1. The fraction of sp³-hybridized carbons (Fsp3) is 0.0909. The number of rotatable bonds is 3. The zero-order chi connectivity index (χ0) is 20.1. The Morgan fingerprint density at radius 1 is 0.966 bits per heavy atom. The van der Waals surface area contributed by atoms with Gasteiger partial charge in [0.25, 0.3) is 0 Å². The Morgan fingerprint density at radius 2 is 1.55 bits per heavy atom. The lowest BCUT2D eigenvalue weighted by Gasteiger charge is -2.27. The number of anilines is 1. The molecule has 2 heterocycles. The monoisotopic (exact) mass is 384 g/mol. The molecule has 0 radical (unpaired) electrons. The summed E-state index contributed by atoms with van der Waals surface area (Å²) < 4.78 is 1.20. The molecule has 29 heavy (non-hydrogen) atoms. The van der Waals surface area contributed by atoms with Gasteiger partial charge in [0, 0.05) is 13.2 Å². The Hall–Kier alpha value is -4.00. The van der Waals surface area contributed by atoms with Crippen LogP contribution in [-0.2, 0) is 0 Å². The SMILES string of the molecule is CN(c1nc2ccccn2c(=O)c1[N+](=O)[O-])C1c2ccccc2-c2ccccc21. The van der Waals surface area contributed by atoms with Gasteiger partial charge in [-0.2, -0.15) is 0 Å². The van der Waals surface area contributed by atoms with E-state index in [0.29, 0.717) is 5.65 Å². The third-order valence-corrected chi connectivity index (χ3v) is 5.40. The van der Waals surface area contributed by atoms with Crippen LogP contribution in [0.2, 0.25) is 0 Å². The lowest BCUT2D eigenvalue weighted by molar-refractivity contribution is -0.385. The van der Waals surface area contributed by atoms with E-state index in [2.05, 4.69) is 4.98 Å². The van der Waals surface area contributed by atoms with Gasteiger partial charge in [-0.25, -0.2) is 4.98 Å². The van der Waals surface area contributed by atoms with Crippen LogP contribution in [0, 0.1) is 10.1 Å². The second kappa shape index (κ2) is 6.27. The predicted molar refractivity (Wildman–Crippen MR) is 110 cm³/mol. The summed E-state index contributed by atoms with van der Waals surface area (Å²) in [5.41, 5.74) is 3.37. The van der Waals surface area contributed by atoms with Gasteiger partial charge in [-0.1, -0.05) is 54.6 Å². The number of nitrogens with zero attached hydrogens (tertiary/aromatic N) is 4. The maximum Gasteiger partial charge on any atom is 0.376 e. The highest BCUT2D eigenvalue weighted by Crippen LogP contribution is 2.47. The smallest absolute Gasteiger partial charge is 0.343 e. The van der Waals surface area contributed by atoms with Crippen molar-refractivity contribution in [2.75, 3.05) is 11.9 Å². The van der Waals surface area contributed by atoms with Crippen molar-refractivity contribution >= 4 is 17.2 Å².